The molecule has 0 saturated carbocycles. The Balaban J connectivity index is 1.63. The van der Waals surface area contributed by atoms with Crippen LogP contribution >= 0.6 is 11.3 Å². The van der Waals surface area contributed by atoms with E-state index in [2.05, 4.69) is 22.4 Å². The Morgan fingerprint density at radius 1 is 1.14 bits per heavy atom. The highest BCUT2D eigenvalue weighted by molar-refractivity contribution is 7.14. The van der Waals surface area contributed by atoms with Crippen LogP contribution < -0.4 is 5.32 Å². The van der Waals surface area contributed by atoms with Crippen LogP contribution in [-0.4, -0.2) is 10.2 Å². The summed E-state index contributed by atoms with van der Waals surface area (Å²) in [5.41, 5.74) is 1.11. The number of aryl methyl sites for hydroxylation is 1. The maximum atomic E-state index is 5.61. The van der Waals surface area contributed by atoms with E-state index in [-0.39, 0.29) is 6.04 Å². The van der Waals surface area contributed by atoms with Crippen LogP contribution in [0.4, 0.5) is 0 Å². The van der Waals surface area contributed by atoms with Crippen molar-refractivity contribution in [2.75, 3.05) is 0 Å². The van der Waals surface area contributed by atoms with E-state index in [0.717, 1.165) is 27.1 Å². The molecule has 3 aromatic rings. The summed E-state index contributed by atoms with van der Waals surface area (Å²) in [6.07, 6.45) is 0. The molecule has 4 nitrogen and oxygen atoms in total. The Bertz CT molecular complexity index is 705. The minimum Gasteiger partial charge on any atom is -0.465 e. The lowest BCUT2D eigenvalue weighted by atomic mass is 10.2. The molecule has 5 heteroatoms. The van der Waals surface area contributed by atoms with Crippen molar-refractivity contribution in [3.8, 4) is 10.6 Å². The smallest absolute Gasteiger partial charge is 0.147 e. The van der Waals surface area contributed by atoms with Crippen LogP contribution in [0, 0.1) is 6.92 Å². The monoisotopic (exact) mass is 299 g/mol. The lowest BCUT2D eigenvalue weighted by Gasteiger charge is -2.09. The van der Waals surface area contributed by atoms with E-state index >= 15 is 0 Å². The third-order valence-corrected chi connectivity index (χ3v) is 4.21. The van der Waals surface area contributed by atoms with Gasteiger partial charge in [0.25, 0.3) is 0 Å². The standard InChI is InChI=1S/C16H17N3OS/c1-11-8-9-14(20-11)12(2)17-10-15-18-19-16(21-15)13-6-4-3-5-7-13/h3-9,12,17H,10H2,1-2H3/t12-/m0/s1. The van der Waals surface area contributed by atoms with Gasteiger partial charge in [0.1, 0.15) is 21.5 Å². The molecule has 1 atom stereocenters. The van der Waals surface area contributed by atoms with Crippen LogP contribution in [0.15, 0.2) is 46.9 Å². The van der Waals surface area contributed by atoms with E-state index in [1.807, 2.05) is 49.4 Å². The zero-order chi connectivity index (χ0) is 14.7. The van der Waals surface area contributed by atoms with Crippen molar-refractivity contribution >= 4 is 11.3 Å². The molecule has 0 bridgehead atoms. The van der Waals surface area contributed by atoms with Gasteiger partial charge in [0.2, 0.25) is 0 Å². The first-order valence-electron chi connectivity index (χ1n) is 6.90. The van der Waals surface area contributed by atoms with Gasteiger partial charge in [-0.25, -0.2) is 0 Å². The van der Waals surface area contributed by atoms with E-state index in [9.17, 15) is 0 Å². The number of hydrogen-bond donors (Lipinski definition) is 1. The van der Waals surface area contributed by atoms with Crippen molar-refractivity contribution in [1.29, 1.82) is 0 Å². The number of nitrogens with one attached hydrogen (secondary N) is 1. The lowest BCUT2D eigenvalue weighted by Crippen LogP contribution is -2.17. The molecule has 1 aromatic carbocycles. The van der Waals surface area contributed by atoms with Gasteiger partial charge in [-0.15, -0.1) is 10.2 Å². The number of nitrogens with zero attached hydrogens (tertiary/aromatic N) is 2. The predicted octanol–water partition coefficient (Wildman–Crippen LogP) is 3.96. The lowest BCUT2D eigenvalue weighted by molar-refractivity contribution is 0.415. The van der Waals surface area contributed by atoms with E-state index in [1.54, 1.807) is 11.3 Å². The Kier molecular flexibility index (Phi) is 4.13. The van der Waals surface area contributed by atoms with Gasteiger partial charge in [-0.3, -0.25) is 0 Å². The van der Waals surface area contributed by atoms with Crippen LogP contribution in [0.2, 0.25) is 0 Å². The molecule has 1 N–H and O–H groups in total. The molecule has 0 aliphatic heterocycles. The van der Waals surface area contributed by atoms with Crippen molar-refractivity contribution in [3.63, 3.8) is 0 Å². The largest absolute Gasteiger partial charge is 0.465 e. The first-order valence-corrected chi connectivity index (χ1v) is 7.71. The normalized spacial score (nSPS) is 12.5. The van der Waals surface area contributed by atoms with Gasteiger partial charge in [0, 0.05) is 5.56 Å². The van der Waals surface area contributed by atoms with Crippen molar-refractivity contribution in [2.45, 2.75) is 26.4 Å². The summed E-state index contributed by atoms with van der Waals surface area (Å²) in [7, 11) is 0. The highest BCUT2D eigenvalue weighted by Crippen LogP contribution is 2.23. The maximum Gasteiger partial charge on any atom is 0.147 e. The average molecular weight is 299 g/mol. The van der Waals surface area contributed by atoms with Gasteiger partial charge < -0.3 is 9.73 Å². The van der Waals surface area contributed by atoms with Crippen LogP contribution in [0.25, 0.3) is 10.6 Å². The SMILES string of the molecule is Cc1ccc([C@H](C)NCc2nnc(-c3ccccc3)s2)o1. The second-order valence-corrected chi connectivity index (χ2v) is 5.98. The van der Waals surface area contributed by atoms with Crippen molar-refractivity contribution in [1.82, 2.24) is 15.5 Å². The van der Waals surface area contributed by atoms with Crippen molar-refractivity contribution in [3.05, 3.63) is 59.0 Å². The molecule has 108 valence electrons. The fraction of sp³-hybridized carbons (Fsp3) is 0.250. The first-order chi connectivity index (χ1) is 10.2. The molecular weight excluding hydrogens is 282 g/mol. The Hall–Kier alpha value is -1.98. The van der Waals surface area contributed by atoms with E-state index in [1.165, 1.54) is 0 Å². The predicted molar refractivity (Wildman–Crippen MR) is 84.0 cm³/mol. The number of rotatable bonds is 5. The Labute approximate surface area is 127 Å². The number of hydrogen-bond acceptors (Lipinski definition) is 5. The summed E-state index contributed by atoms with van der Waals surface area (Å²) in [6, 6.07) is 14.3. The zero-order valence-corrected chi connectivity index (χ0v) is 12.9. The van der Waals surface area contributed by atoms with Gasteiger partial charge >= 0.3 is 0 Å². The Morgan fingerprint density at radius 3 is 2.67 bits per heavy atom. The molecule has 0 radical (unpaired) electrons. The molecule has 0 spiro atoms. The van der Waals surface area contributed by atoms with Crippen LogP contribution in [0.3, 0.4) is 0 Å². The fourth-order valence-corrected chi connectivity index (χ4v) is 2.85. The fourth-order valence-electron chi connectivity index (χ4n) is 2.05. The quantitative estimate of drug-likeness (QED) is 0.775. The summed E-state index contributed by atoms with van der Waals surface area (Å²) >= 11 is 1.61. The molecule has 0 saturated heterocycles. The number of benzene rings is 1. The number of aromatic nitrogens is 2. The second-order valence-electron chi connectivity index (χ2n) is 4.92. The van der Waals surface area contributed by atoms with Gasteiger partial charge in [-0.05, 0) is 26.0 Å². The van der Waals surface area contributed by atoms with Crippen LogP contribution in [0.5, 0.6) is 0 Å². The van der Waals surface area contributed by atoms with Crippen LogP contribution in [0.1, 0.15) is 29.5 Å². The van der Waals surface area contributed by atoms with Crippen molar-refractivity contribution in [2.24, 2.45) is 0 Å². The van der Waals surface area contributed by atoms with Gasteiger partial charge in [-0.1, -0.05) is 41.7 Å². The first kappa shape index (κ1) is 14.0. The number of furan rings is 1. The Morgan fingerprint density at radius 2 is 1.95 bits per heavy atom. The molecule has 2 aromatic heterocycles. The summed E-state index contributed by atoms with van der Waals surface area (Å²) < 4.78 is 5.61. The molecule has 0 fully saturated rings. The summed E-state index contributed by atoms with van der Waals surface area (Å²) in [6.45, 7) is 4.72. The highest BCUT2D eigenvalue weighted by atomic mass is 32.1. The van der Waals surface area contributed by atoms with E-state index in [4.69, 9.17) is 4.42 Å². The topological polar surface area (TPSA) is 51.0 Å². The highest BCUT2D eigenvalue weighted by Gasteiger charge is 2.11. The summed E-state index contributed by atoms with van der Waals surface area (Å²) in [5.74, 6) is 1.88. The third kappa shape index (κ3) is 3.37. The maximum absolute atomic E-state index is 5.61. The molecule has 0 aliphatic carbocycles. The minimum atomic E-state index is 0.155. The van der Waals surface area contributed by atoms with E-state index < -0.39 is 0 Å². The molecule has 0 aliphatic rings. The van der Waals surface area contributed by atoms with Gasteiger partial charge in [0.15, 0.2) is 0 Å². The van der Waals surface area contributed by atoms with Crippen LogP contribution in [-0.2, 0) is 6.54 Å². The van der Waals surface area contributed by atoms with E-state index in [0.29, 0.717) is 6.54 Å². The van der Waals surface area contributed by atoms with Gasteiger partial charge in [0.05, 0.1) is 12.6 Å². The van der Waals surface area contributed by atoms with Gasteiger partial charge in [-0.2, -0.15) is 0 Å². The van der Waals surface area contributed by atoms with Crippen molar-refractivity contribution < 1.29 is 4.42 Å². The minimum absolute atomic E-state index is 0.155. The molecular formula is C16H17N3OS. The summed E-state index contributed by atoms with van der Waals surface area (Å²) in [4.78, 5) is 0. The second kappa shape index (κ2) is 6.20. The molecule has 2 heterocycles. The molecule has 0 unspecified atom stereocenters. The average Bonchev–Trinajstić information content (AvgIpc) is 3.15. The summed E-state index contributed by atoms with van der Waals surface area (Å²) in [5, 5.41) is 13.8. The molecule has 21 heavy (non-hydrogen) atoms. The molecule has 3 rings (SSSR count). The third-order valence-electron chi connectivity index (χ3n) is 3.23. The zero-order valence-electron chi connectivity index (χ0n) is 12.0. The molecule has 0 amide bonds.